The summed E-state index contributed by atoms with van der Waals surface area (Å²) in [5.74, 6) is 0.311. The minimum atomic E-state index is -0.425. The van der Waals surface area contributed by atoms with Crippen LogP contribution in [0.2, 0.25) is 0 Å². The van der Waals surface area contributed by atoms with Gasteiger partial charge in [0.25, 0.3) is 11.5 Å². The fraction of sp³-hybridized carbons (Fsp3) is 0.348. The summed E-state index contributed by atoms with van der Waals surface area (Å²) in [7, 11) is 0. The monoisotopic (exact) mass is 392 g/mol. The lowest BCUT2D eigenvalue weighted by Gasteiger charge is -2.27. The molecule has 1 aromatic carbocycles. The molecule has 4 rings (SSSR count). The van der Waals surface area contributed by atoms with E-state index in [2.05, 4.69) is 10.3 Å². The first-order chi connectivity index (χ1) is 13.6. The van der Waals surface area contributed by atoms with E-state index < -0.39 is 5.91 Å². The Balaban J connectivity index is 1.58. The maximum Gasteiger partial charge on any atom is 0.287 e. The first-order valence-corrected chi connectivity index (χ1v) is 9.71. The lowest BCUT2D eigenvalue weighted by molar-refractivity contribution is 0.0888. The highest BCUT2D eigenvalue weighted by Gasteiger charge is 2.37. The van der Waals surface area contributed by atoms with Crippen molar-refractivity contribution in [2.24, 2.45) is 5.41 Å². The van der Waals surface area contributed by atoms with Gasteiger partial charge in [-0.25, -0.2) is 0 Å². The maximum absolute atomic E-state index is 12.7. The number of aromatic amines is 1. The van der Waals surface area contributed by atoms with Crippen molar-refractivity contribution < 1.29 is 14.0 Å². The summed E-state index contributed by atoms with van der Waals surface area (Å²) in [6.45, 7) is 7.79. The van der Waals surface area contributed by atoms with Gasteiger partial charge in [-0.2, -0.15) is 0 Å². The van der Waals surface area contributed by atoms with Crippen LogP contribution in [0, 0.1) is 19.3 Å². The molecule has 0 bridgehead atoms. The van der Waals surface area contributed by atoms with E-state index in [1.807, 2.05) is 39.0 Å². The molecule has 0 saturated carbocycles. The molecule has 1 amide bonds. The van der Waals surface area contributed by atoms with Crippen LogP contribution in [0.5, 0.6) is 0 Å². The molecular formula is C23H24N2O4. The van der Waals surface area contributed by atoms with Gasteiger partial charge in [0.1, 0.15) is 5.76 Å². The van der Waals surface area contributed by atoms with Gasteiger partial charge in [0.05, 0.1) is 5.56 Å². The van der Waals surface area contributed by atoms with Gasteiger partial charge < -0.3 is 14.7 Å². The van der Waals surface area contributed by atoms with Crippen molar-refractivity contribution in [2.45, 2.75) is 47.1 Å². The zero-order chi connectivity index (χ0) is 20.9. The minimum Gasteiger partial charge on any atom is -0.455 e. The molecule has 6 nitrogen and oxygen atoms in total. The normalized spacial score (nSPS) is 15.4. The number of amides is 1. The Morgan fingerprint density at radius 1 is 1.17 bits per heavy atom. The number of fused-ring (bicyclic) bond motifs is 2. The first kappa shape index (κ1) is 19.2. The number of aryl methyl sites for hydroxylation is 1. The molecule has 2 heterocycles. The Morgan fingerprint density at radius 3 is 2.69 bits per heavy atom. The number of ketones is 1. The Bertz CT molecular complexity index is 1210. The van der Waals surface area contributed by atoms with Crippen molar-refractivity contribution in [2.75, 3.05) is 0 Å². The van der Waals surface area contributed by atoms with Crippen molar-refractivity contribution in [3.63, 3.8) is 0 Å². The lowest BCUT2D eigenvalue weighted by Crippen LogP contribution is -2.27. The fourth-order valence-corrected chi connectivity index (χ4v) is 4.05. The molecule has 0 saturated heterocycles. The summed E-state index contributed by atoms with van der Waals surface area (Å²) < 4.78 is 5.79. The molecule has 150 valence electrons. The van der Waals surface area contributed by atoms with Crippen LogP contribution in [-0.4, -0.2) is 16.7 Å². The zero-order valence-corrected chi connectivity index (χ0v) is 17.1. The minimum absolute atomic E-state index is 0.0119. The molecule has 0 radical (unpaired) electrons. The molecule has 0 atom stereocenters. The van der Waals surface area contributed by atoms with Crippen LogP contribution < -0.4 is 10.9 Å². The molecule has 3 aromatic rings. The summed E-state index contributed by atoms with van der Waals surface area (Å²) in [5, 5.41) is 3.65. The second-order valence-electron chi connectivity index (χ2n) is 8.69. The van der Waals surface area contributed by atoms with E-state index >= 15 is 0 Å². The fourth-order valence-electron chi connectivity index (χ4n) is 4.05. The van der Waals surface area contributed by atoms with Crippen LogP contribution in [0.15, 0.2) is 33.5 Å². The van der Waals surface area contributed by atoms with Gasteiger partial charge in [0, 0.05) is 36.0 Å². The van der Waals surface area contributed by atoms with Gasteiger partial charge in [-0.3, -0.25) is 14.4 Å². The second-order valence-corrected chi connectivity index (χ2v) is 8.69. The number of H-pyrrole nitrogens is 1. The Labute approximate surface area is 168 Å². The number of carbonyl (C=O) groups is 2. The Hall–Kier alpha value is -3.15. The Morgan fingerprint density at radius 2 is 1.93 bits per heavy atom. The molecule has 1 aliphatic rings. The number of carbonyl (C=O) groups excluding carboxylic acids is 2. The van der Waals surface area contributed by atoms with Gasteiger partial charge in [0.2, 0.25) is 0 Å². The summed E-state index contributed by atoms with van der Waals surface area (Å²) >= 11 is 0. The second kappa shape index (κ2) is 6.72. The SMILES string of the molecule is Cc1ccc2cc(CNC(=O)c3oc4c(c3C)C(=O)CC(C)(C)C4)c(=O)[nH]c2c1. The van der Waals surface area contributed by atoms with Crippen LogP contribution in [0.25, 0.3) is 10.9 Å². The quantitative estimate of drug-likeness (QED) is 0.709. The number of rotatable bonds is 3. The van der Waals surface area contributed by atoms with Crippen LogP contribution >= 0.6 is 0 Å². The van der Waals surface area contributed by atoms with E-state index in [0.29, 0.717) is 35.3 Å². The number of hydrogen-bond donors (Lipinski definition) is 2. The number of aromatic nitrogens is 1. The largest absolute Gasteiger partial charge is 0.455 e. The van der Waals surface area contributed by atoms with Crippen molar-refractivity contribution in [3.05, 3.63) is 68.4 Å². The molecule has 29 heavy (non-hydrogen) atoms. The van der Waals surface area contributed by atoms with E-state index in [4.69, 9.17) is 4.42 Å². The van der Waals surface area contributed by atoms with Gasteiger partial charge in [-0.05, 0) is 42.3 Å². The maximum atomic E-state index is 12.7. The third-order valence-electron chi connectivity index (χ3n) is 5.50. The van der Waals surface area contributed by atoms with Crippen LogP contribution in [0.1, 0.15) is 63.6 Å². The van der Waals surface area contributed by atoms with Crippen molar-refractivity contribution in [3.8, 4) is 0 Å². The lowest BCUT2D eigenvalue weighted by atomic mass is 9.76. The predicted octanol–water partition coefficient (Wildman–Crippen LogP) is 3.82. The highest BCUT2D eigenvalue weighted by atomic mass is 16.4. The van der Waals surface area contributed by atoms with E-state index in [9.17, 15) is 14.4 Å². The summed E-state index contributed by atoms with van der Waals surface area (Å²) in [4.78, 5) is 40.4. The highest BCUT2D eigenvalue weighted by Crippen LogP contribution is 2.38. The van der Waals surface area contributed by atoms with Gasteiger partial charge >= 0.3 is 0 Å². The van der Waals surface area contributed by atoms with Crippen molar-refractivity contribution >= 4 is 22.6 Å². The molecule has 0 fully saturated rings. The summed E-state index contributed by atoms with van der Waals surface area (Å²) in [5.41, 5.74) is 2.97. The number of pyridine rings is 1. The number of benzene rings is 1. The van der Waals surface area contributed by atoms with E-state index in [0.717, 1.165) is 16.5 Å². The highest BCUT2D eigenvalue weighted by molar-refractivity contribution is 6.03. The van der Waals surface area contributed by atoms with Gasteiger partial charge in [0.15, 0.2) is 11.5 Å². The van der Waals surface area contributed by atoms with Gasteiger partial charge in [-0.15, -0.1) is 0 Å². The number of hydrogen-bond acceptors (Lipinski definition) is 4. The standard InChI is InChI=1S/C23H24N2O4/c1-12-5-6-14-8-15(21(27)25-16(14)7-12)11-24-22(28)20-13(2)19-17(26)9-23(3,4)10-18(19)29-20/h5-8H,9-11H2,1-4H3,(H,24,28)(H,25,27). The summed E-state index contributed by atoms with van der Waals surface area (Å²) in [6.07, 6.45) is 1.05. The average molecular weight is 392 g/mol. The van der Waals surface area contributed by atoms with Crippen LogP contribution in [0.3, 0.4) is 0 Å². The average Bonchev–Trinajstić information content (AvgIpc) is 2.95. The van der Waals surface area contributed by atoms with E-state index in [-0.39, 0.29) is 29.1 Å². The van der Waals surface area contributed by atoms with Crippen LogP contribution in [0.4, 0.5) is 0 Å². The predicted molar refractivity (Wildman–Crippen MR) is 110 cm³/mol. The smallest absolute Gasteiger partial charge is 0.287 e. The number of furan rings is 1. The third-order valence-corrected chi connectivity index (χ3v) is 5.50. The number of Topliss-reactive ketones (excluding diaryl/α,β-unsaturated/α-hetero) is 1. The zero-order valence-electron chi connectivity index (χ0n) is 17.1. The number of nitrogens with one attached hydrogen (secondary N) is 2. The van der Waals surface area contributed by atoms with Crippen LogP contribution in [-0.2, 0) is 13.0 Å². The van der Waals surface area contributed by atoms with Crippen molar-refractivity contribution in [1.29, 1.82) is 0 Å². The van der Waals surface area contributed by atoms with Crippen molar-refractivity contribution in [1.82, 2.24) is 10.3 Å². The van der Waals surface area contributed by atoms with Gasteiger partial charge in [-0.1, -0.05) is 26.0 Å². The molecule has 6 heteroatoms. The molecule has 2 aromatic heterocycles. The molecule has 0 spiro atoms. The molecule has 0 unspecified atom stereocenters. The molecule has 0 aliphatic heterocycles. The summed E-state index contributed by atoms with van der Waals surface area (Å²) in [6, 6.07) is 7.59. The first-order valence-electron chi connectivity index (χ1n) is 9.71. The van der Waals surface area contributed by atoms with E-state index in [1.54, 1.807) is 13.0 Å². The topological polar surface area (TPSA) is 92.2 Å². The Kier molecular flexibility index (Phi) is 4.45. The van der Waals surface area contributed by atoms with E-state index in [1.165, 1.54) is 0 Å². The molecule has 2 N–H and O–H groups in total. The molecular weight excluding hydrogens is 368 g/mol. The third kappa shape index (κ3) is 3.50. The molecule has 1 aliphatic carbocycles.